The summed E-state index contributed by atoms with van der Waals surface area (Å²) in [7, 11) is 1.69. The first kappa shape index (κ1) is 14.6. The molecule has 2 aromatic carbocycles. The van der Waals surface area contributed by atoms with Crippen molar-refractivity contribution in [3.63, 3.8) is 0 Å². The molecular formula is C19H22N2O. The van der Waals surface area contributed by atoms with Gasteiger partial charge in [0, 0.05) is 31.1 Å². The molecule has 1 aliphatic rings. The van der Waals surface area contributed by atoms with Crippen LogP contribution in [0, 0.1) is 0 Å². The number of carbonyl (C=O) groups is 1. The molecule has 0 fully saturated rings. The van der Waals surface area contributed by atoms with Crippen LogP contribution in [0.1, 0.15) is 36.0 Å². The van der Waals surface area contributed by atoms with E-state index in [1.807, 2.05) is 18.2 Å². The predicted molar refractivity (Wildman–Crippen MR) is 90.2 cm³/mol. The van der Waals surface area contributed by atoms with Crippen molar-refractivity contribution in [2.24, 2.45) is 0 Å². The van der Waals surface area contributed by atoms with Crippen LogP contribution in [-0.4, -0.2) is 19.0 Å². The molecule has 2 atom stereocenters. The molecule has 0 spiro atoms. The van der Waals surface area contributed by atoms with Crippen molar-refractivity contribution in [2.75, 3.05) is 12.4 Å². The Morgan fingerprint density at radius 1 is 1.23 bits per heavy atom. The number of amides is 1. The molecule has 0 saturated carbocycles. The predicted octanol–water partition coefficient (Wildman–Crippen LogP) is 3.31. The lowest BCUT2D eigenvalue weighted by Gasteiger charge is -2.18. The van der Waals surface area contributed by atoms with Gasteiger partial charge in [-0.2, -0.15) is 0 Å². The van der Waals surface area contributed by atoms with Gasteiger partial charge in [0.1, 0.15) is 0 Å². The number of rotatable bonds is 4. The molecule has 0 aliphatic carbocycles. The third kappa shape index (κ3) is 2.98. The molecule has 2 aromatic rings. The second-order valence-corrected chi connectivity index (χ2v) is 6.01. The third-order valence-electron chi connectivity index (χ3n) is 4.33. The van der Waals surface area contributed by atoms with Crippen LogP contribution in [0.5, 0.6) is 0 Å². The molecule has 22 heavy (non-hydrogen) atoms. The summed E-state index contributed by atoms with van der Waals surface area (Å²) < 4.78 is 0. The van der Waals surface area contributed by atoms with Gasteiger partial charge in [-0.25, -0.2) is 0 Å². The van der Waals surface area contributed by atoms with E-state index in [4.69, 9.17) is 0 Å². The fourth-order valence-electron chi connectivity index (χ4n) is 3.19. The molecule has 3 heteroatoms. The Kier molecular flexibility index (Phi) is 4.14. The van der Waals surface area contributed by atoms with Crippen molar-refractivity contribution in [3.8, 4) is 0 Å². The van der Waals surface area contributed by atoms with Crippen LogP contribution in [0.25, 0.3) is 0 Å². The topological polar surface area (TPSA) is 41.1 Å². The number of hydrogen-bond acceptors (Lipinski definition) is 2. The Hall–Kier alpha value is -2.29. The molecular weight excluding hydrogens is 272 g/mol. The van der Waals surface area contributed by atoms with Crippen molar-refractivity contribution in [1.82, 2.24) is 5.32 Å². The zero-order valence-electron chi connectivity index (χ0n) is 13.1. The molecule has 2 unspecified atom stereocenters. The fraction of sp³-hybridized carbons (Fsp3) is 0.316. The number of hydrogen-bond donors (Lipinski definition) is 2. The van der Waals surface area contributed by atoms with E-state index in [0.29, 0.717) is 12.5 Å². The summed E-state index contributed by atoms with van der Waals surface area (Å²) in [6, 6.07) is 17.3. The Bertz CT molecular complexity index is 666. The van der Waals surface area contributed by atoms with E-state index < -0.39 is 0 Å². The van der Waals surface area contributed by atoms with E-state index in [9.17, 15) is 4.79 Å². The van der Waals surface area contributed by atoms with Crippen LogP contribution in [0.15, 0.2) is 48.5 Å². The van der Waals surface area contributed by atoms with Crippen LogP contribution >= 0.6 is 0 Å². The lowest BCUT2D eigenvalue weighted by molar-refractivity contribution is -0.120. The van der Waals surface area contributed by atoms with Crippen molar-refractivity contribution in [1.29, 1.82) is 0 Å². The van der Waals surface area contributed by atoms with E-state index in [1.165, 1.54) is 22.4 Å². The maximum Gasteiger partial charge on any atom is 0.220 e. The molecule has 2 N–H and O–H groups in total. The van der Waals surface area contributed by atoms with Crippen LogP contribution in [0.2, 0.25) is 0 Å². The lowest BCUT2D eigenvalue weighted by atomic mass is 9.87. The Morgan fingerprint density at radius 2 is 2.00 bits per heavy atom. The average molecular weight is 294 g/mol. The van der Waals surface area contributed by atoms with Crippen molar-refractivity contribution < 1.29 is 4.79 Å². The van der Waals surface area contributed by atoms with Crippen molar-refractivity contribution in [2.45, 2.75) is 31.7 Å². The molecule has 0 saturated heterocycles. The highest BCUT2D eigenvalue weighted by Crippen LogP contribution is 2.33. The van der Waals surface area contributed by atoms with Crippen LogP contribution in [-0.2, 0) is 11.2 Å². The Balaban J connectivity index is 1.96. The highest BCUT2D eigenvalue weighted by atomic mass is 16.1. The Labute approximate surface area is 131 Å². The zero-order valence-corrected chi connectivity index (χ0v) is 13.1. The molecule has 1 heterocycles. The smallest absolute Gasteiger partial charge is 0.220 e. The van der Waals surface area contributed by atoms with Gasteiger partial charge in [-0.15, -0.1) is 0 Å². The largest absolute Gasteiger partial charge is 0.382 e. The van der Waals surface area contributed by atoms with Crippen molar-refractivity contribution in [3.05, 3.63) is 65.2 Å². The molecule has 0 radical (unpaired) electrons. The molecule has 0 aromatic heterocycles. The molecule has 3 nitrogen and oxygen atoms in total. The summed E-state index contributed by atoms with van der Waals surface area (Å²) in [4.78, 5) is 11.9. The van der Waals surface area contributed by atoms with Crippen LogP contribution < -0.4 is 10.6 Å². The van der Waals surface area contributed by atoms with Crippen LogP contribution in [0.3, 0.4) is 0 Å². The van der Waals surface area contributed by atoms with E-state index >= 15 is 0 Å². The summed E-state index contributed by atoms with van der Waals surface area (Å²) >= 11 is 0. The fourth-order valence-corrected chi connectivity index (χ4v) is 3.19. The van der Waals surface area contributed by atoms with Crippen molar-refractivity contribution >= 4 is 11.6 Å². The summed E-state index contributed by atoms with van der Waals surface area (Å²) in [6.07, 6.45) is 1.52. The van der Waals surface area contributed by atoms with Gasteiger partial charge in [-0.1, -0.05) is 42.5 Å². The van der Waals surface area contributed by atoms with Gasteiger partial charge < -0.3 is 10.6 Å². The molecule has 1 amide bonds. The summed E-state index contributed by atoms with van der Waals surface area (Å²) in [5.74, 6) is 0.170. The minimum atomic E-state index is 0.0702. The summed E-state index contributed by atoms with van der Waals surface area (Å²) in [6.45, 7) is 2.19. The quantitative estimate of drug-likeness (QED) is 0.908. The first-order valence-electron chi connectivity index (χ1n) is 7.82. The SMILES string of the molecule is CNC(=O)CC(c1ccccc1)c1ccc2c(c1)CC(C)N2. The Morgan fingerprint density at radius 3 is 2.73 bits per heavy atom. The zero-order chi connectivity index (χ0) is 15.5. The first-order valence-corrected chi connectivity index (χ1v) is 7.82. The second-order valence-electron chi connectivity index (χ2n) is 6.01. The summed E-state index contributed by atoms with van der Waals surface area (Å²) in [5.41, 5.74) is 4.97. The molecule has 1 aliphatic heterocycles. The number of nitrogens with one attached hydrogen (secondary N) is 2. The van der Waals surface area contributed by atoms with E-state index in [0.717, 1.165) is 6.42 Å². The second kappa shape index (κ2) is 6.22. The van der Waals surface area contributed by atoms with E-state index in [1.54, 1.807) is 7.05 Å². The highest BCUT2D eigenvalue weighted by molar-refractivity contribution is 5.77. The maximum atomic E-state index is 11.9. The van der Waals surface area contributed by atoms with Gasteiger partial charge in [-0.3, -0.25) is 4.79 Å². The monoisotopic (exact) mass is 294 g/mol. The van der Waals surface area contributed by atoms with Gasteiger partial charge in [0.15, 0.2) is 0 Å². The molecule has 114 valence electrons. The first-order chi connectivity index (χ1) is 10.7. The maximum absolute atomic E-state index is 11.9. The summed E-state index contributed by atoms with van der Waals surface area (Å²) in [5, 5.41) is 6.22. The minimum absolute atomic E-state index is 0.0702. The van der Waals surface area contributed by atoms with Gasteiger partial charge in [-0.05, 0) is 36.1 Å². The lowest BCUT2D eigenvalue weighted by Crippen LogP contribution is -2.21. The molecule has 0 bridgehead atoms. The standard InChI is InChI=1S/C19H22N2O/c1-13-10-16-11-15(8-9-18(16)21-13)17(12-19(22)20-2)14-6-4-3-5-7-14/h3-9,11,13,17,21H,10,12H2,1-2H3,(H,20,22). The highest BCUT2D eigenvalue weighted by Gasteiger charge is 2.21. The molecule has 3 rings (SSSR count). The number of fused-ring (bicyclic) bond motifs is 1. The number of anilines is 1. The van der Waals surface area contributed by atoms with Gasteiger partial charge in [0.05, 0.1) is 0 Å². The van der Waals surface area contributed by atoms with Gasteiger partial charge in [0.25, 0.3) is 0 Å². The van der Waals surface area contributed by atoms with Crippen LogP contribution in [0.4, 0.5) is 5.69 Å². The van der Waals surface area contributed by atoms with Gasteiger partial charge in [0.2, 0.25) is 5.91 Å². The normalized spacial score (nSPS) is 17.5. The number of benzene rings is 2. The van der Waals surface area contributed by atoms with Gasteiger partial charge >= 0.3 is 0 Å². The van der Waals surface area contributed by atoms with E-state index in [-0.39, 0.29) is 11.8 Å². The van der Waals surface area contributed by atoms with E-state index in [2.05, 4.69) is 47.9 Å². The third-order valence-corrected chi connectivity index (χ3v) is 4.33. The minimum Gasteiger partial charge on any atom is -0.382 e. The average Bonchev–Trinajstić information content (AvgIpc) is 2.92. The number of carbonyl (C=O) groups excluding carboxylic acids is 1.